The van der Waals surface area contributed by atoms with E-state index >= 15 is 0 Å². The van der Waals surface area contributed by atoms with Crippen molar-refractivity contribution in [2.75, 3.05) is 19.7 Å². The van der Waals surface area contributed by atoms with E-state index in [9.17, 15) is 13.2 Å². The lowest BCUT2D eigenvalue weighted by molar-refractivity contribution is -0.139. The quantitative estimate of drug-likeness (QED) is 0.747. The lowest BCUT2D eigenvalue weighted by Gasteiger charge is -2.31. The topological polar surface area (TPSA) is 21.3 Å². The third-order valence-electron chi connectivity index (χ3n) is 3.87. The fourth-order valence-corrected chi connectivity index (χ4v) is 4.08. The Kier molecular flexibility index (Phi) is 7.19. The minimum atomic E-state index is -4.36. The largest absolute Gasteiger partial charge is 0.417 e. The number of thioether (sulfide) groups is 1. The van der Waals surface area contributed by atoms with Gasteiger partial charge >= 0.3 is 6.18 Å². The maximum Gasteiger partial charge on any atom is 0.417 e. The standard InChI is InChI=1S/C18H18F3NOS.ClH/c19-18(20,21)14-8-4-5-9-16(14)24-17(13-6-2-1-3-7-13)15-12-22-10-11-23-15;/h1-9,15,17,22H,10-12H2;1H/t15-,17-;/m0./s1. The summed E-state index contributed by atoms with van der Waals surface area (Å²) in [6.07, 6.45) is -4.54. The molecule has 1 N–H and O–H groups in total. The second-order valence-electron chi connectivity index (χ2n) is 5.56. The van der Waals surface area contributed by atoms with Crippen LogP contribution >= 0.6 is 24.2 Å². The molecule has 1 fully saturated rings. The normalized spacial score (nSPS) is 19.1. The molecule has 136 valence electrons. The molecule has 1 aliphatic heterocycles. The van der Waals surface area contributed by atoms with Crippen molar-refractivity contribution in [2.45, 2.75) is 22.4 Å². The predicted molar refractivity (Wildman–Crippen MR) is 96.3 cm³/mol. The van der Waals surface area contributed by atoms with Gasteiger partial charge in [-0.1, -0.05) is 42.5 Å². The number of hydrogen-bond acceptors (Lipinski definition) is 3. The molecule has 1 saturated heterocycles. The Morgan fingerprint density at radius 1 is 1.04 bits per heavy atom. The molecule has 0 spiro atoms. The molecule has 2 aromatic carbocycles. The minimum Gasteiger partial charge on any atom is -0.374 e. The van der Waals surface area contributed by atoms with Crippen molar-refractivity contribution in [2.24, 2.45) is 0 Å². The third-order valence-corrected chi connectivity index (χ3v) is 5.31. The molecule has 2 aromatic rings. The van der Waals surface area contributed by atoms with Crippen LogP contribution in [0.1, 0.15) is 16.4 Å². The van der Waals surface area contributed by atoms with E-state index in [2.05, 4.69) is 5.32 Å². The number of morpholine rings is 1. The van der Waals surface area contributed by atoms with Gasteiger partial charge in [0.2, 0.25) is 0 Å². The van der Waals surface area contributed by atoms with E-state index in [1.807, 2.05) is 30.3 Å². The van der Waals surface area contributed by atoms with Crippen LogP contribution in [-0.2, 0) is 10.9 Å². The van der Waals surface area contributed by atoms with E-state index in [-0.39, 0.29) is 28.7 Å². The first-order valence-corrected chi connectivity index (χ1v) is 8.64. The summed E-state index contributed by atoms with van der Waals surface area (Å²) in [5.74, 6) is 0. The highest BCUT2D eigenvalue weighted by atomic mass is 35.5. The van der Waals surface area contributed by atoms with Crippen molar-refractivity contribution in [1.29, 1.82) is 0 Å². The molecule has 0 amide bonds. The second kappa shape index (κ2) is 8.94. The highest BCUT2D eigenvalue weighted by Gasteiger charge is 2.35. The maximum atomic E-state index is 13.3. The van der Waals surface area contributed by atoms with Gasteiger partial charge in [-0.25, -0.2) is 0 Å². The summed E-state index contributed by atoms with van der Waals surface area (Å²) in [5, 5.41) is 3.05. The van der Waals surface area contributed by atoms with E-state index in [0.717, 1.165) is 18.2 Å². The van der Waals surface area contributed by atoms with E-state index in [0.29, 0.717) is 13.2 Å². The summed E-state index contributed by atoms with van der Waals surface area (Å²) in [4.78, 5) is 0.230. The van der Waals surface area contributed by atoms with Gasteiger partial charge in [-0.05, 0) is 17.7 Å². The van der Waals surface area contributed by atoms with Gasteiger partial charge in [-0.3, -0.25) is 0 Å². The number of benzene rings is 2. The molecule has 7 heteroatoms. The smallest absolute Gasteiger partial charge is 0.374 e. The Morgan fingerprint density at radius 2 is 1.72 bits per heavy atom. The fraction of sp³-hybridized carbons (Fsp3) is 0.333. The predicted octanol–water partition coefficient (Wildman–Crippen LogP) is 4.95. The highest BCUT2D eigenvalue weighted by Crippen LogP contribution is 2.44. The van der Waals surface area contributed by atoms with Crippen LogP contribution in [0.5, 0.6) is 0 Å². The van der Waals surface area contributed by atoms with Crippen LogP contribution in [0.3, 0.4) is 0 Å². The van der Waals surface area contributed by atoms with Crippen LogP contribution in [0.15, 0.2) is 59.5 Å². The van der Waals surface area contributed by atoms with Crippen LogP contribution in [0.2, 0.25) is 0 Å². The van der Waals surface area contributed by atoms with Crippen LogP contribution in [0.25, 0.3) is 0 Å². The average Bonchev–Trinajstić information content (AvgIpc) is 2.61. The van der Waals surface area contributed by atoms with Gasteiger partial charge in [0.25, 0.3) is 0 Å². The van der Waals surface area contributed by atoms with Gasteiger partial charge in [0.15, 0.2) is 0 Å². The molecule has 0 aromatic heterocycles. The summed E-state index contributed by atoms with van der Waals surface area (Å²) in [7, 11) is 0. The molecule has 1 aliphatic rings. The Morgan fingerprint density at radius 3 is 2.36 bits per heavy atom. The molecule has 2 nitrogen and oxygen atoms in total. The first-order chi connectivity index (χ1) is 11.6. The minimum absolute atomic E-state index is 0. The van der Waals surface area contributed by atoms with Crippen molar-refractivity contribution in [3.8, 4) is 0 Å². The number of nitrogens with one attached hydrogen (secondary N) is 1. The van der Waals surface area contributed by atoms with Gasteiger partial charge in [0.05, 0.1) is 23.5 Å². The van der Waals surface area contributed by atoms with Gasteiger partial charge in [-0.2, -0.15) is 13.2 Å². The monoisotopic (exact) mass is 389 g/mol. The highest BCUT2D eigenvalue weighted by molar-refractivity contribution is 7.99. The van der Waals surface area contributed by atoms with Crippen molar-refractivity contribution < 1.29 is 17.9 Å². The summed E-state index contributed by atoms with van der Waals surface area (Å²) < 4.78 is 45.7. The zero-order valence-corrected chi connectivity index (χ0v) is 15.0. The van der Waals surface area contributed by atoms with Crippen LogP contribution < -0.4 is 5.32 Å². The van der Waals surface area contributed by atoms with Gasteiger partial charge in [-0.15, -0.1) is 24.2 Å². The maximum absolute atomic E-state index is 13.3. The number of hydrogen-bond donors (Lipinski definition) is 1. The van der Waals surface area contributed by atoms with Crippen LogP contribution in [0, 0.1) is 0 Å². The molecule has 1 heterocycles. The molecule has 2 atom stereocenters. The average molecular weight is 390 g/mol. The summed E-state index contributed by atoms with van der Waals surface area (Å²) in [6, 6.07) is 15.3. The Labute approximate surface area is 155 Å². The van der Waals surface area contributed by atoms with Gasteiger partial charge in [0, 0.05) is 18.0 Å². The van der Waals surface area contributed by atoms with Crippen molar-refractivity contribution in [1.82, 2.24) is 5.32 Å². The summed E-state index contributed by atoms with van der Waals surface area (Å²) in [6.45, 7) is 1.96. The van der Waals surface area contributed by atoms with E-state index in [1.165, 1.54) is 23.9 Å². The van der Waals surface area contributed by atoms with Crippen LogP contribution in [-0.4, -0.2) is 25.8 Å². The van der Waals surface area contributed by atoms with Crippen molar-refractivity contribution >= 4 is 24.2 Å². The van der Waals surface area contributed by atoms with E-state index < -0.39 is 11.7 Å². The molecular formula is C18H19ClF3NOS. The van der Waals surface area contributed by atoms with E-state index in [1.54, 1.807) is 6.07 Å². The molecule has 0 unspecified atom stereocenters. The lowest BCUT2D eigenvalue weighted by atomic mass is 10.1. The Balaban J connectivity index is 0.00000225. The molecule has 0 saturated carbocycles. The molecule has 0 bridgehead atoms. The van der Waals surface area contributed by atoms with Gasteiger partial charge in [0.1, 0.15) is 0 Å². The molecule has 3 rings (SSSR count). The first-order valence-electron chi connectivity index (χ1n) is 7.76. The SMILES string of the molecule is Cl.FC(F)(F)c1ccccc1S[C@@H](c1ccccc1)[C@@H]1CNCCO1. The number of halogens is 4. The zero-order valence-electron chi connectivity index (χ0n) is 13.3. The number of ether oxygens (including phenoxy) is 1. The van der Waals surface area contributed by atoms with Crippen LogP contribution in [0.4, 0.5) is 13.2 Å². The summed E-state index contributed by atoms with van der Waals surface area (Å²) in [5.41, 5.74) is 0.368. The van der Waals surface area contributed by atoms with E-state index in [4.69, 9.17) is 4.74 Å². The zero-order chi connectivity index (χ0) is 17.0. The molecule has 25 heavy (non-hydrogen) atoms. The van der Waals surface area contributed by atoms with Crippen molar-refractivity contribution in [3.05, 3.63) is 65.7 Å². The Hall–Kier alpha value is -1.21. The number of rotatable bonds is 4. The molecule has 0 aliphatic carbocycles. The number of alkyl halides is 3. The molecular weight excluding hydrogens is 371 g/mol. The fourth-order valence-electron chi connectivity index (χ4n) is 2.72. The second-order valence-corrected chi connectivity index (χ2v) is 6.74. The van der Waals surface area contributed by atoms with Crippen molar-refractivity contribution in [3.63, 3.8) is 0 Å². The van der Waals surface area contributed by atoms with Gasteiger partial charge < -0.3 is 10.1 Å². The Bertz CT molecular complexity index is 663. The lowest BCUT2D eigenvalue weighted by Crippen LogP contribution is -2.41. The third kappa shape index (κ3) is 5.14. The summed E-state index contributed by atoms with van der Waals surface area (Å²) >= 11 is 1.22. The first kappa shape index (κ1) is 20.1. The molecule has 0 radical (unpaired) electrons.